The number of hydrogen-bond acceptors (Lipinski definition) is 9. The van der Waals surface area contributed by atoms with Gasteiger partial charge in [-0.2, -0.15) is 10.1 Å². The van der Waals surface area contributed by atoms with E-state index in [4.69, 9.17) is 14.0 Å². The number of benzene rings is 1. The van der Waals surface area contributed by atoms with Gasteiger partial charge < -0.3 is 19.3 Å². The highest BCUT2D eigenvalue weighted by atomic mass is 16.5. The zero-order valence-electron chi connectivity index (χ0n) is 17.7. The van der Waals surface area contributed by atoms with E-state index >= 15 is 0 Å². The lowest BCUT2D eigenvalue weighted by molar-refractivity contribution is 0.0320. The van der Waals surface area contributed by atoms with Crippen molar-refractivity contribution in [2.24, 2.45) is 5.10 Å². The summed E-state index contributed by atoms with van der Waals surface area (Å²) in [6.07, 6.45) is 2.65. The molecule has 1 fully saturated rings. The minimum absolute atomic E-state index is 0.555. The first-order valence-corrected chi connectivity index (χ1v) is 10.6. The van der Waals surface area contributed by atoms with Crippen molar-refractivity contribution < 1.29 is 14.0 Å². The number of aromatic nitrogens is 2. The zero-order valence-corrected chi connectivity index (χ0v) is 17.7. The van der Waals surface area contributed by atoms with Gasteiger partial charge in [0.05, 0.1) is 30.5 Å². The Bertz CT molecular complexity index is 1000. The molecule has 164 valence electrons. The fourth-order valence-corrected chi connectivity index (χ4v) is 3.26. The van der Waals surface area contributed by atoms with Crippen LogP contribution in [0.15, 0.2) is 46.0 Å². The monoisotopic (exact) mass is 424 g/mol. The number of nitrogens with one attached hydrogen (secondary N) is 2. The third-order valence-corrected chi connectivity index (χ3v) is 4.90. The molecular formula is C22H28N6O3. The Morgan fingerprint density at radius 1 is 1.23 bits per heavy atom. The number of pyridine rings is 1. The van der Waals surface area contributed by atoms with E-state index < -0.39 is 0 Å². The zero-order chi connectivity index (χ0) is 21.3. The smallest absolute Gasteiger partial charge is 0.217 e. The van der Waals surface area contributed by atoms with Gasteiger partial charge >= 0.3 is 0 Å². The van der Waals surface area contributed by atoms with Gasteiger partial charge in [-0.1, -0.05) is 24.2 Å². The van der Waals surface area contributed by atoms with Crippen LogP contribution in [0.25, 0.3) is 11.0 Å². The molecule has 9 heteroatoms. The van der Waals surface area contributed by atoms with Crippen molar-refractivity contribution in [3.05, 3.63) is 42.1 Å². The fourth-order valence-electron chi connectivity index (χ4n) is 3.26. The molecule has 2 aromatic heterocycles. The first kappa shape index (κ1) is 21.1. The largest absolute Gasteiger partial charge is 0.476 e. The van der Waals surface area contributed by atoms with Gasteiger partial charge in [-0.3, -0.25) is 10.3 Å². The average Bonchev–Trinajstić information content (AvgIpc) is 3.22. The lowest BCUT2D eigenvalue weighted by Crippen LogP contribution is -2.38. The highest BCUT2D eigenvalue weighted by Crippen LogP contribution is 2.21. The van der Waals surface area contributed by atoms with Crippen LogP contribution in [-0.4, -0.2) is 67.3 Å². The van der Waals surface area contributed by atoms with E-state index in [-0.39, 0.29) is 0 Å². The fraction of sp³-hybridized carbons (Fsp3) is 0.409. The topological polar surface area (TPSA) is 97.0 Å². The van der Waals surface area contributed by atoms with Crippen molar-refractivity contribution in [2.75, 3.05) is 56.7 Å². The molecule has 3 heterocycles. The van der Waals surface area contributed by atoms with Gasteiger partial charge in [0.15, 0.2) is 5.58 Å². The Labute approximate surface area is 181 Å². The molecule has 2 N–H and O–H groups in total. The van der Waals surface area contributed by atoms with Gasteiger partial charge in [-0.05, 0) is 18.6 Å². The number of fused-ring (bicyclic) bond motifs is 1. The number of rotatable bonds is 10. The molecule has 0 atom stereocenters. The number of anilines is 2. The Morgan fingerprint density at radius 3 is 2.97 bits per heavy atom. The lowest BCUT2D eigenvalue weighted by Gasteiger charge is -2.26. The Hall–Kier alpha value is -3.17. The standard InChI is InChI=1S/C22H28N6O3/c1-2-7-23-21-14-17(15-22(25-21)30-13-10-28-8-11-29-12-9-28)26-24-16-19-18-5-3-4-6-20(18)31-27-19/h3-6,14-16H,2,7-13H2,1H3,(H2,23,25,26)/b24-16+. The third-order valence-electron chi connectivity index (χ3n) is 4.90. The van der Waals surface area contributed by atoms with Crippen molar-refractivity contribution in [3.63, 3.8) is 0 Å². The summed E-state index contributed by atoms with van der Waals surface area (Å²) in [6, 6.07) is 11.4. The molecule has 1 aromatic carbocycles. The van der Waals surface area contributed by atoms with Crippen LogP contribution in [0.2, 0.25) is 0 Å². The highest BCUT2D eigenvalue weighted by molar-refractivity contribution is 5.95. The van der Waals surface area contributed by atoms with E-state index in [0.717, 1.165) is 68.3 Å². The molecular weight excluding hydrogens is 396 g/mol. The van der Waals surface area contributed by atoms with E-state index in [1.165, 1.54) is 0 Å². The van der Waals surface area contributed by atoms with Crippen LogP contribution in [0.1, 0.15) is 19.0 Å². The Kier molecular flexibility index (Phi) is 7.30. The third kappa shape index (κ3) is 5.93. The predicted molar refractivity (Wildman–Crippen MR) is 121 cm³/mol. The van der Waals surface area contributed by atoms with Gasteiger partial charge in [0.25, 0.3) is 0 Å². The number of para-hydroxylation sites is 1. The predicted octanol–water partition coefficient (Wildman–Crippen LogP) is 3.20. The first-order valence-electron chi connectivity index (χ1n) is 10.6. The van der Waals surface area contributed by atoms with Crippen LogP contribution < -0.4 is 15.5 Å². The van der Waals surface area contributed by atoms with Gasteiger partial charge in [-0.15, -0.1) is 0 Å². The first-order chi connectivity index (χ1) is 15.3. The molecule has 0 bridgehead atoms. The molecule has 0 amide bonds. The minimum atomic E-state index is 0.555. The van der Waals surface area contributed by atoms with Crippen LogP contribution in [-0.2, 0) is 4.74 Å². The summed E-state index contributed by atoms with van der Waals surface area (Å²) in [4.78, 5) is 6.88. The van der Waals surface area contributed by atoms with Crippen LogP contribution in [0.3, 0.4) is 0 Å². The maximum absolute atomic E-state index is 5.93. The number of nitrogens with zero attached hydrogens (tertiary/aromatic N) is 4. The van der Waals surface area contributed by atoms with Crippen LogP contribution in [0.4, 0.5) is 11.5 Å². The summed E-state index contributed by atoms with van der Waals surface area (Å²) in [5, 5.41) is 12.6. The van der Waals surface area contributed by atoms with Gasteiger partial charge in [0.2, 0.25) is 5.88 Å². The molecule has 0 radical (unpaired) electrons. The normalized spacial score (nSPS) is 14.9. The second-order valence-electron chi connectivity index (χ2n) is 7.24. The summed E-state index contributed by atoms with van der Waals surface area (Å²) in [5.74, 6) is 1.30. The van der Waals surface area contributed by atoms with Crippen LogP contribution in [0.5, 0.6) is 5.88 Å². The summed E-state index contributed by atoms with van der Waals surface area (Å²) in [5.41, 5.74) is 5.22. The molecule has 3 aromatic rings. The molecule has 0 aliphatic carbocycles. The summed E-state index contributed by atoms with van der Waals surface area (Å²) in [7, 11) is 0. The average molecular weight is 425 g/mol. The van der Waals surface area contributed by atoms with E-state index in [2.05, 4.69) is 37.8 Å². The number of morpholine rings is 1. The maximum Gasteiger partial charge on any atom is 0.217 e. The molecule has 9 nitrogen and oxygen atoms in total. The van der Waals surface area contributed by atoms with Crippen molar-refractivity contribution >= 4 is 28.7 Å². The molecule has 31 heavy (non-hydrogen) atoms. The van der Waals surface area contributed by atoms with Crippen LogP contribution >= 0.6 is 0 Å². The van der Waals surface area contributed by atoms with E-state index in [9.17, 15) is 0 Å². The highest BCUT2D eigenvalue weighted by Gasteiger charge is 2.11. The minimum Gasteiger partial charge on any atom is -0.476 e. The van der Waals surface area contributed by atoms with Crippen molar-refractivity contribution in [1.82, 2.24) is 15.0 Å². The van der Waals surface area contributed by atoms with Gasteiger partial charge in [0.1, 0.15) is 18.1 Å². The summed E-state index contributed by atoms with van der Waals surface area (Å²) >= 11 is 0. The van der Waals surface area contributed by atoms with E-state index in [1.807, 2.05) is 36.4 Å². The Morgan fingerprint density at radius 2 is 2.10 bits per heavy atom. The number of hydrazone groups is 1. The molecule has 1 saturated heterocycles. The maximum atomic E-state index is 5.93. The number of hydrogen-bond donors (Lipinski definition) is 2. The Balaban J connectivity index is 1.40. The van der Waals surface area contributed by atoms with E-state index in [0.29, 0.717) is 18.2 Å². The number of ether oxygens (including phenoxy) is 2. The molecule has 4 rings (SSSR count). The SMILES string of the molecule is CCCNc1cc(N/N=C/c2noc3ccccc23)cc(OCCN2CCOCC2)n1. The summed E-state index contributed by atoms with van der Waals surface area (Å²) < 4.78 is 16.6. The van der Waals surface area contributed by atoms with Crippen molar-refractivity contribution in [3.8, 4) is 5.88 Å². The van der Waals surface area contributed by atoms with Gasteiger partial charge in [0, 0.05) is 38.3 Å². The van der Waals surface area contributed by atoms with E-state index in [1.54, 1.807) is 6.21 Å². The summed E-state index contributed by atoms with van der Waals surface area (Å²) in [6.45, 7) is 7.79. The quantitative estimate of drug-likeness (QED) is 0.378. The second kappa shape index (κ2) is 10.7. The molecule has 1 aliphatic heterocycles. The molecule has 1 aliphatic rings. The van der Waals surface area contributed by atoms with Gasteiger partial charge in [-0.25, -0.2) is 0 Å². The van der Waals surface area contributed by atoms with Crippen molar-refractivity contribution in [2.45, 2.75) is 13.3 Å². The second-order valence-corrected chi connectivity index (χ2v) is 7.24. The molecule has 0 saturated carbocycles. The van der Waals surface area contributed by atoms with Crippen molar-refractivity contribution in [1.29, 1.82) is 0 Å². The van der Waals surface area contributed by atoms with Crippen LogP contribution in [0, 0.1) is 0 Å². The molecule has 0 spiro atoms. The molecule has 0 unspecified atom stereocenters. The lowest BCUT2D eigenvalue weighted by atomic mass is 10.2.